The molecule has 154 valence electrons. The van der Waals surface area contributed by atoms with Gasteiger partial charge in [0.2, 0.25) is 0 Å². The van der Waals surface area contributed by atoms with Crippen molar-refractivity contribution in [1.29, 1.82) is 0 Å². The molecule has 0 saturated heterocycles. The number of esters is 1. The zero-order valence-corrected chi connectivity index (χ0v) is 17.5. The predicted molar refractivity (Wildman–Crippen MR) is 113 cm³/mol. The highest BCUT2D eigenvalue weighted by Gasteiger charge is 2.26. The van der Waals surface area contributed by atoms with Gasteiger partial charge in [-0.25, -0.2) is 4.79 Å². The number of hydrogen-bond acceptors (Lipinski definition) is 5. The van der Waals surface area contributed by atoms with E-state index in [0.717, 1.165) is 19.3 Å². The molecule has 1 fully saturated rings. The molecule has 2 amide bonds. The van der Waals surface area contributed by atoms with Crippen LogP contribution in [0.2, 0.25) is 0 Å². The van der Waals surface area contributed by atoms with Crippen LogP contribution in [-0.2, 0) is 9.53 Å². The maximum Gasteiger partial charge on any atom is 0.338 e. The van der Waals surface area contributed by atoms with Gasteiger partial charge in [-0.1, -0.05) is 31.9 Å². The number of ether oxygens (including phenoxy) is 1. The fourth-order valence-electron chi connectivity index (χ4n) is 3.44. The zero-order valence-electron chi connectivity index (χ0n) is 16.6. The van der Waals surface area contributed by atoms with Crippen molar-refractivity contribution >= 4 is 34.8 Å². The van der Waals surface area contributed by atoms with E-state index in [-0.39, 0.29) is 23.4 Å². The molecular weight excluding hydrogens is 388 g/mol. The highest BCUT2D eigenvalue weighted by molar-refractivity contribution is 7.12. The minimum atomic E-state index is -0.888. The lowest BCUT2D eigenvalue weighted by atomic mass is 9.86. The van der Waals surface area contributed by atoms with Crippen molar-refractivity contribution in [3.05, 3.63) is 52.2 Å². The molecule has 1 aromatic heterocycles. The number of rotatable bonds is 6. The first-order valence-electron chi connectivity index (χ1n) is 9.90. The summed E-state index contributed by atoms with van der Waals surface area (Å²) in [5, 5.41) is 7.59. The molecule has 0 unspecified atom stereocenters. The molecule has 7 heteroatoms. The molecule has 3 atom stereocenters. The second-order valence-corrected chi connectivity index (χ2v) is 8.38. The third kappa shape index (κ3) is 5.67. The molecule has 1 aromatic carbocycles. The molecule has 0 bridgehead atoms. The van der Waals surface area contributed by atoms with Crippen molar-refractivity contribution in [2.45, 2.75) is 51.7 Å². The molecule has 0 aliphatic heterocycles. The normalized spacial score (nSPS) is 19.8. The Hall–Kier alpha value is -2.67. The average Bonchev–Trinajstić information content (AvgIpc) is 3.25. The van der Waals surface area contributed by atoms with Crippen LogP contribution >= 0.6 is 11.3 Å². The lowest BCUT2D eigenvalue weighted by Crippen LogP contribution is -2.45. The quantitative estimate of drug-likeness (QED) is 0.693. The number of benzene rings is 1. The summed E-state index contributed by atoms with van der Waals surface area (Å²) in [4.78, 5) is 37.6. The molecule has 1 heterocycles. The second-order valence-electron chi connectivity index (χ2n) is 7.44. The molecule has 1 aliphatic carbocycles. The van der Waals surface area contributed by atoms with Gasteiger partial charge in [-0.3, -0.25) is 9.59 Å². The summed E-state index contributed by atoms with van der Waals surface area (Å²) in [6, 6.07) is 10.2. The van der Waals surface area contributed by atoms with Gasteiger partial charge in [0.25, 0.3) is 11.8 Å². The van der Waals surface area contributed by atoms with E-state index in [1.54, 1.807) is 43.3 Å². The maximum absolute atomic E-state index is 12.5. The SMILES string of the molecule is C[C@@H](OC(=O)c1cccc(NC(=O)c2cccs2)c1)C(=O)N[C@@H]1CCCC[C@@H]1C. The highest BCUT2D eigenvalue weighted by atomic mass is 32.1. The van der Waals surface area contributed by atoms with Crippen LogP contribution in [0.5, 0.6) is 0 Å². The van der Waals surface area contributed by atoms with Crippen molar-refractivity contribution in [3.8, 4) is 0 Å². The Morgan fingerprint density at radius 3 is 2.66 bits per heavy atom. The van der Waals surface area contributed by atoms with Crippen LogP contribution in [0.25, 0.3) is 0 Å². The van der Waals surface area contributed by atoms with Crippen molar-refractivity contribution < 1.29 is 19.1 Å². The first-order valence-corrected chi connectivity index (χ1v) is 10.8. The van der Waals surface area contributed by atoms with Crippen LogP contribution in [0.3, 0.4) is 0 Å². The fourth-order valence-corrected chi connectivity index (χ4v) is 4.06. The zero-order chi connectivity index (χ0) is 20.8. The van der Waals surface area contributed by atoms with Crippen LogP contribution in [0.4, 0.5) is 5.69 Å². The summed E-state index contributed by atoms with van der Waals surface area (Å²) in [6.45, 7) is 3.71. The van der Waals surface area contributed by atoms with Gasteiger partial charge in [0.1, 0.15) is 0 Å². The van der Waals surface area contributed by atoms with E-state index in [0.29, 0.717) is 16.5 Å². The monoisotopic (exact) mass is 414 g/mol. The number of thiophene rings is 1. The van der Waals surface area contributed by atoms with E-state index in [2.05, 4.69) is 17.6 Å². The standard InChI is InChI=1S/C22H26N2O4S/c1-14-7-3-4-10-18(14)24-20(25)15(2)28-22(27)16-8-5-9-17(13-16)23-21(26)19-11-6-12-29-19/h5-6,8-9,11-15,18H,3-4,7,10H2,1-2H3,(H,23,26)(H,24,25)/t14-,15+,18+/m0/s1. The number of carbonyl (C=O) groups excluding carboxylic acids is 3. The van der Waals surface area contributed by atoms with Crippen LogP contribution < -0.4 is 10.6 Å². The van der Waals surface area contributed by atoms with Crippen LogP contribution in [0.1, 0.15) is 59.6 Å². The molecule has 0 spiro atoms. The Kier molecular flexibility index (Phi) is 7.04. The first kappa shape index (κ1) is 21.0. The minimum Gasteiger partial charge on any atom is -0.449 e. The smallest absolute Gasteiger partial charge is 0.338 e. The van der Waals surface area contributed by atoms with Crippen LogP contribution in [0, 0.1) is 5.92 Å². The molecule has 6 nitrogen and oxygen atoms in total. The van der Waals surface area contributed by atoms with Crippen LogP contribution in [0.15, 0.2) is 41.8 Å². The van der Waals surface area contributed by atoms with Gasteiger partial charge in [-0.2, -0.15) is 0 Å². The molecule has 3 rings (SSSR count). The van der Waals surface area contributed by atoms with Crippen molar-refractivity contribution in [3.63, 3.8) is 0 Å². The number of hydrogen-bond donors (Lipinski definition) is 2. The Labute approximate surface area is 174 Å². The van der Waals surface area contributed by atoms with E-state index in [1.165, 1.54) is 17.8 Å². The summed E-state index contributed by atoms with van der Waals surface area (Å²) < 4.78 is 5.35. The summed E-state index contributed by atoms with van der Waals surface area (Å²) >= 11 is 1.34. The van der Waals surface area contributed by atoms with Gasteiger partial charge >= 0.3 is 5.97 Å². The average molecular weight is 415 g/mol. The van der Waals surface area contributed by atoms with E-state index >= 15 is 0 Å². The minimum absolute atomic E-state index is 0.133. The van der Waals surface area contributed by atoms with Crippen molar-refractivity contribution in [1.82, 2.24) is 5.32 Å². The van der Waals surface area contributed by atoms with Gasteiger partial charge < -0.3 is 15.4 Å². The first-order chi connectivity index (χ1) is 13.9. The fraction of sp³-hybridized carbons (Fsp3) is 0.409. The highest BCUT2D eigenvalue weighted by Crippen LogP contribution is 2.24. The Bertz CT molecular complexity index is 865. The molecular formula is C22H26N2O4S. The molecule has 2 aromatic rings. The number of anilines is 1. The Morgan fingerprint density at radius 2 is 1.93 bits per heavy atom. The Balaban J connectivity index is 1.57. The van der Waals surface area contributed by atoms with E-state index in [9.17, 15) is 14.4 Å². The summed E-state index contributed by atoms with van der Waals surface area (Å²) in [7, 11) is 0. The van der Waals surface area contributed by atoms with Gasteiger partial charge in [-0.15, -0.1) is 11.3 Å². The van der Waals surface area contributed by atoms with Gasteiger partial charge in [0.15, 0.2) is 6.10 Å². The number of carbonyl (C=O) groups is 3. The second kappa shape index (κ2) is 9.69. The van der Waals surface area contributed by atoms with Crippen molar-refractivity contribution in [2.24, 2.45) is 5.92 Å². The van der Waals surface area contributed by atoms with Crippen LogP contribution in [-0.4, -0.2) is 29.9 Å². The van der Waals surface area contributed by atoms with Gasteiger partial charge in [0.05, 0.1) is 10.4 Å². The molecule has 1 saturated carbocycles. The van der Waals surface area contributed by atoms with E-state index in [1.807, 2.05) is 5.38 Å². The number of amides is 2. The van der Waals surface area contributed by atoms with Gasteiger partial charge in [-0.05, 0) is 55.3 Å². The molecule has 29 heavy (non-hydrogen) atoms. The van der Waals surface area contributed by atoms with Crippen molar-refractivity contribution in [2.75, 3.05) is 5.32 Å². The predicted octanol–water partition coefficient (Wildman–Crippen LogP) is 4.24. The van der Waals surface area contributed by atoms with E-state index < -0.39 is 12.1 Å². The maximum atomic E-state index is 12.5. The lowest BCUT2D eigenvalue weighted by molar-refractivity contribution is -0.130. The Morgan fingerprint density at radius 1 is 1.14 bits per heavy atom. The molecule has 0 radical (unpaired) electrons. The van der Waals surface area contributed by atoms with E-state index in [4.69, 9.17) is 4.74 Å². The molecule has 1 aliphatic rings. The third-order valence-corrected chi connectivity index (χ3v) is 6.06. The lowest BCUT2D eigenvalue weighted by Gasteiger charge is -2.30. The summed E-state index contributed by atoms with van der Waals surface area (Å²) in [5.41, 5.74) is 0.769. The molecule has 2 N–H and O–H groups in total. The third-order valence-electron chi connectivity index (χ3n) is 5.19. The van der Waals surface area contributed by atoms with Gasteiger partial charge in [0, 0.05) is 11.7 Å². The summed E-state index contributed by atoms with van der Waals surface area (Å²) in [6.07, 6.45) is 3.47. The number of nitrogens with one attached hydrogen (secondary N) is 2. The largest absolute Gasteiger partial charge is 0.449 e. The summed E-state index contributed by atoms with van der Waals surface area (Å²) in [5.74, 6) is -0.685. The topological polar surface area (TPSA) is 84.5 Å².